The number of hydrogen-bond acceptors (Lipinski definition) is 2. The predicted molar refractivity (Wildman–Crippen MR) is 62.4 cm³/mol. The van der Waals surface area contributed by atoms with Gasteiger partial charge in [0.05, 0.1) is 6.04 Å². The van der Waals surface area contributed by atoms with Crippen LogP contribution in [0.3, 0.4) is 0 Å². The van der Waals surface area contributed by atoms with E-state index in [1.807, 2.05) is 0 Å². The number of rotatable bonds is 3. The maximum atomic E-state index is 13.0. The summed E-state index contributed by atoms with van der Waals surface area (Å²) in [5.74, 6) is -3.33. The van der Waals surface area contributed by atoms with Crippen molar-refractivity contribution in [2.45, 2.75) is 18.9 Å². The number of hydrogen-bond donors (Lipinski definition) is 2. The molecule has 0 amide bonds. The zero-order valence-corrected chi connectivity index (χ0v) is 10.2. The van der Waals surface area contributed by atoms with Crippen LogP contribution in [0.1, 0.15) is 17.2 Å². The third-order valence-corrected chi connectivity index (χ3v) is 2.63. The van der Waals surface area contributed by atoms with Crippen molar-refractivity contribution in [1.29, 1.82) is 0 Å². The van der Waals surface area contributed by atoms with E-state index in [1.54, 1.807) is 13.0 Å². The topological polar surface area (TPSA) is 46.2 Å². The summed E-state index contributed by atoms with van der Waals surface area (Å²) in [6.45, 7) is 0.488. The molecule has 0 aliphatic carbocycles. The van der Waals surface area contributed by atoms with E-state index in [-0.39, 0.29) is 18.0 Å². The minimum absolute atomic E-state index is 0. The Hall–Kier alpha value is -0.420. The second-order valence-corrected chi connectivity index (χ2v) is 3.81. The summed E-state index contributed by atoms with van der Waals surface area (Å²) in [5, 5.41) is 8.87. The van der Waals surface area contributed by atoms with Gasteiger partial charge < -0.3 is 10.8 Å². The van der Waals surface area contributed by atoms with Crippen LogP contribution in [0.2, 0.25) is 5.02 Å². The summed E-state index contributed by atoms with van der Waals surface area (Å²) < 4.78 is 26.1. The van der Waals surface area contributed by atoms with Crippen LogP contribution >= 0.6 is 24.0 Å². The van der Waals surface area contributed by atoms with Crippen molar-refractivity contribution in [3.63, 3.8) is 0 Å². The van der Waals surface area contributed by atoms with Gasteiger partial charge >= 0.3 is 0 Å². The van der Waals surface area contributed by atoms with Gasteiger partial charge in [-0.25, -0.2) is 8.78 Å². The molecule has 0 aromatic heterocycles. The molecule has 0 aliphatic heterocycles. The van der Waals surface area contributed by atoms with Crippen LogP contribution in [0, 0.1) is 6.92 Å². The van der Waals surface area contributed by atoms with Gasteiger partial charge in [-0.2, -0.15) is 0 Å². The Morgan fingerprint density at radius 3 is 2.50 bits per heavy atom. The summed E-state index contributed by atoms with van der Waals surface area (Å²) in [5.41, 5.74) is 6.34. The molecule has 6 heteroatoms. The second kappa shape index (κ2) is 5.77. The van der Waals surface area contributed by atoms with E-state index >= 15 is 0 Å². The predicted octanol–water partition coefficient (Wildman–Crippen LogP) is 2.70. The molecular formula is C10H13Cl2F2NO. The fourth-order valence-corrected chi connectivity index (χ4v) is 1.33. The highest BCUT2D eigenvalue weighted by atomic mass is 35.5. The third-order valence-electron chi connectivity index (χ3n) is 2.22. The van der Waals surface area contributed by atoms with Crippen LogP contribution in [-0.4, -0.2) is 17.6 Å². The summed E-state index contributed by atoms with van der Waals surface area (Å²) in [7, 11) is 0. The Bertz CT molecular complexity index is 361. The normalized spacial score (nSPS) is 13.1. The van der Waals surface area contributed by atoms with Gasteiger partial charge in [-0.15, -0.1) is 12.4 Å². The van der Waals surface area contributed by atoms with Crippen LogP contribution in [0.15, 0.2) is 18.2 Å². The van der Waals surface area contributed by atoms with Gasteiger partial charge in [0.15, 0.2) is 0 Å². The van der Waals surface area contributed by atoms with Crippen molar-refractivity contribution in [2.75, 3.05) is 6.61 Å². The van der Waals surface area contributed by atoms with E-state index in [0.29, 0.717) is 5.02 Å². The van der Waals surface area contributed by atoms with Crippen LogP contribution in [0.4, 0.5) is 8.78 Å². The van der Waals surface area contributed by atoms with Crippen molar-refractivity contribution in [3.8, 4) is 0 Å². The quantitative estimate of drug-likeness (QED) is 0.888. The highest BCUT2D eigenvalue weighted by Crippen LogP contribution is 2.30. The molecule has 3 N–H and O–H groups in total. The van der Waals surface area contributed by atoms with Crippen molar-refractivity contribution < 1.29 is 13.9 Å². The van der Waals surface area contributed by atoms with Crippen LogP contribution in [-0.2, 0) is 0 Å². The molecule has 2 nitrogen and oxygen atoms in total. The smallest absolute Gasteiger partial charge is 0.289 e. The first-order chi connectivity index (χ1) is 6.88. The molecule has 92 valence electrons. The molecule has 0 radical (unpaired) electrons. The molecule has 0 aliphatic rings. The summed E-state index contributed by atoms with van der Waals surface area (Å²) >= 11 is 5.79. The highest BCUT2D eigenvalue weighted by molar-refractivity contribution is 6.31. The van der Waals surface area contributed by atoms with Gasteiger partial charge in [0.25, 0.3) is 5.92 Å². The minimum Gasteiger partial charge on any atom is -0.390 e. The zero-order chi connectivity index (χ0) is 11.6. The molecular weight excluding hydrogens is 259 g/mol. The Balaban J connectivity index is 0.00000225. The number of halogens is 4. The number of benzene rings is 1. The van der Waals surface area contributed by atoms with Gasteiger partial charge in [0.2, 0.25) is 0 Å². The second-order valence-electron chi connectivity index (χ2n) is 3.41. The average molecular weight is 272 g/mol. The molecule has 1 aromatic rings. The number of alkyl halides is 2. The van der Waals surface area contributed by atoms with Crippen molar-refractivity contribution in [3.05, 3.63) is 34.3 Å². The maximum Gasteiger partial charge on any atom is 0.289 e. The van der Waals surface area contributed by atoms with E-state index in [0.717, 1.165) is 5.56 Å². The SMILES string of the molecule is Cc1ccc([C@H](N)C(F)(F)CO)cc1Cl.Cl. The van der Waals surface area contributed by atoms with E-state index in [1.165, 1.54) is 12.1 Å². The lowest BCUT2D eigenvalue weighted by Gasteiger charge is -2.22. The van der Waals surface area contributed by atoms with Crippen LogP contribution < -0.4 is 5.73 Å². The van der Waals surface area contributed by atoms with E-state index in [4.69, 9.17) is 22.4 Å². The lowest BCUT2D eigenvalue weighted by molar-refractivity contribution is -0.0711. The molecule has 0 saturated carbocycles. The Morgan fingerprint density at radius 2 is 2.06 bits per heavy atom. The van der Waals surface area contributed by atoms with E-state index in [2.05, 4.69) is 0 Å². The molecule has 0 bridgehead atoms. The molecule has 0 heterocycles. The third kappa shape index (κ3) is 3.28. The summed E-state index contributed by atoms with van der Waals surface area (Å²) in [6.07, 6.45) is 0. The molecule has 0 fully saturated rings. The monoisotopic (exact) mass is 271 g/mol. The Kier molecular flexibility index (Phi) is 5.62. The first kappa shape index (κ1) is 15.6. The highest BCUT2D eigenvalue weighted by Gasteiger charge is 2.37. The van der Waals surface area contributed by atoms with Gasteiger partial charge in [-0.1, -0.05) is 23.7 Å². The number of nitrogens with two attached hydrogens (primary N) is 1. The molecule has 1 atom stereocenters. The van der Waals surface area contributed by atoms with Crippen molar-refractivity contribution in [1.82, 2.24) is 0 Å². The average Bonchev–Trinajstić information content (AvgIpc) is 2.21. The Labute approximate surface area is 104 Å². The Morgan fingerprint density at radius 1 is 1.50 bits per heavy atom. The van der Waals surface area contributed by atoms with E-state index < -0.39 is 18.6 Å². The van der Waals surface area contributed by atoms with Crippen LogP contribution in [0.25, 0.3) is 0 Å². The molecule has 1 aromatic carbocycles. The largest absolute Gasteiger partial charge is 0.390 e. The summed E-state index contributed by atoms with van der Waals surface area (Å²) in [4.78, 5) is 0. The number of aliphatic hydroxyl groups is 1. The standard InChI is InChI=1S/C10H12ClF2NO.ClH/c1-6-2-3-7(4-8(6)11)9(14)10(12,13)5-15;/h2-4,9,15H,5,14H2,1H3;1H/t9-;/m0./s1. The zero-order valence-electron chi connectivity index (χ0n) is 8.58. The molecule has 1 rings (SSSR count). The van der Waals surface area contributed by atoms with Crippen LogP contribution in [0.5, 0.6) is 0 Å². The lowest BCUT2D eigenvalue weighted by Crippen LogP contribution is -2.36. The molecule has 0 spiro atoms. The first-order valence-electron chi connectivity index (χ1n) is 4.39. The number of aryl methyl sites for hydroxylation is 1. The van der Waals surface area contributed by atoms with Crippen molar-refractivity contribution in [2.24, 2.45) is 5.73 Å². The van der Waals surface area contributed by atoms with Gasteiger partial charge in [-0.05, 0) is 24.1 Å². The van der Waals surface area contributed by atoms with Gasteiger partial charge in [-0.3, -0.25) is 0 Å². The number of aliphatic hydroxyl groups excluding tert-OH is 1. The first-order valence-corrected chi connectivity index (χ1v) is 4.76. The van der Waals surface area contributed by atoms with Crippen molar-refractivity contribution >= 4 is 24.0 Å². The van der Waals surface area contributed by atoms with E-state index in [9.17, 15) is 8.78 Å². The lowest BCUT2D eigenvalue weighted by atomic mass is 10.0. The van der Waals surface area contributed by atoms with Gasteiger partial charge in [0, 0.05) is 5.02 Å². The fraction of sp³-hybridized carbons (Fsp3) is 0.400. The maximum absolute atomic E-state index is 13.0. The minimum atomic E-state index is -3.33. The fourth-order valence-electron chi connectivity index (χ4n) is 1.14. The summed E-state index contributed by atoms with van der Waals surface area (Å²) in [6, 6.07) is 2.95. The molecule has 16 heavy (non-hydrogen) atoms. The molecule has 0 saturated heterocycles. The van der Waals surface area contributed by atoms with Gasteiger partial charge in [0.1, 0.15) is 6.61 Å². The molecule has 0 unspecified atom stereocenters.